The summed E-state index contributed by atoms with van der Waals surface area (Å²) < 4.78 is 0. The van der Waals surface area contributed by atoms with E-state index in [0.29, 0.717) is 24.0 Å². The van der Waals surface area contributed by atoms with Crippen molar-refractivity contribution >= 4 is 11.5 Å². The molecule has 0 aromatic carbocycles. The van der Waals surface area contributed by atoms with E-state index in [4.69, 9.17) is 5.41 Å². The number of allylic oxidation sites excluding steroid dienone is 4. The normalized spacial score (nSPS) is 44.6. The zero-order valence-electron chi connectivity index (χ0n) is 16.3. The van der Waals surface area contributed by atoms with Crippen LogP contribution in [-0.4, -0.2) is 22.7 Å². The van der Waals surface area contributed by atoms with Crippen molar-refractivity contribution in [1.82, 2.24) is 0 Å². The van der Waals surface area contributed by atoms with Gasteiger partial charge in [0.15, 0.2) is 0 Å². The second-order valence-electron chi connectivity index (χ2n) is 9.11. The van der Waals surface area contributed by atoms with Gasteiger partial charge in [0.1, 0.15) is 5.78 Å². The molecule has 3 heteroatoms. The standard InChI is InChI=1S/C22H33NO2/c1-6-18(14(3)24)22(5)12-19(25)20-17(13(22)2)8-7-15-11-16(23)9-10-21(15,20)4/h9-11,13,17-20,23,25H,6-8,12H2,1-5H3/t13?,17?,18-,19?,20?,21+,22+/m1/s1. The zero-order valence-corrected chi connectivity index (χ0v) is 16.3. The van der Waals surface area contributed by atoms with E-state index in [0.717, 1.165) is 19.3 Å². The van der Waals surface area contributed by atoms with E-state index in [1.807, 2.05) is 12.2 Å². The fourth-order valence-corrected chi connectivity index (χ4v) is 6.55. The highest BCUT2D eigenvalue weighted by molar-refractivity contribution is 6.03. The highest BCUT2D eigenvalue weighted by Crippen LogP contribution is 2.62. The average Bonchev–Trinajstić information content (AvgIpc) is 2.52. The summed E-state index contributed by atoms with van der Waals surface area (Å²) in [4.78, 5) is 12.3. The predicted molar refractivity (Wildman–Crippen MR) is 102 cm³/mol. The molecule has 3 aliphatic carbocycles. The number of carbonyl (C=O) groups is 1. The SMILES string of the molecule is CC[C@H](C(C)=O)[C@@]1(C)CC(O)C2C(CCC3=CC(=N)C=C[C@@]32C)C1C. The van der Waals surface area contributed by atoms with Crippen LogP contribution >= 0.6 is 0 Å². The van der Waals surface area contributed by atoms with E-state index >= 15 is 0 Å². The van der Waals surface area contributed by atoms with Crippen molar-refractivity contribution in [2.24, 2.45) is 34.5 Å². The van der Waals surface area contributed by atoms with Gasteiger partial charge in [-0.25, -0.2) is 0 Å². The first-order valence-corrected chi connectivity index (χ1v) is 9.82. The smallest absolute Gasteiger partial charge is 0.133 e. The fraction of sp³-hybridized carbons (Fsp3) is 0.727. The number of carbonyl (C=O) groups excluding carboxylic acids is 1. The topological polar surface area (TPSA) is 61.1 Å². The lowest BCUT2D eigenvalue weighted by Crippen LogP contribution is -2.57. The van der Waals surface area contributed by atoms with E-state index in [-0.39, 0.29) is 28.4 Å². The summed E-state index contributed by atoms with van der Waals surface area (Å²) in [6, 6.07) is 0. The number of Topliss-reactive ketones (excluding diaryl/α,β-unsaturated/α-hetero) is 1. The monoisotopic (exact) mass is 343 g/mol. The Morgan fingerprint density at radius 2 is 2.12 bits per heavy atom. The van der Waals surface area contributed by atoms with Gasteiger partial charge < -0.3 is 10.5 Å². The van der Waals surface area contributed by atoms with E-state index in [9.17, 15) is 9.90 Å². The number of hydrogen-bond acceptors (Lipinski definition) is 3. The number of hydrogen-bond donors (Lipinski definition) is 2. The minimum atomic E-state index is -0.398. The van der Waals surface area contributed by atoms with E-state index in [1.165, 1.54) is 5.57 Å². The summed E-state index contributed by atoms with van der Waals surface area (Å²) in [5.74, 6) is 1.29. The second-order valence-corrected chi connectivity index (χ2v) is 9.11. The van der Waals surface area contributed by atoms with Crippen molar-refractivity contribution in [3.8, 4) is 0 Å². The quantitative estimate of drug-likeness (QED) is 0.789. The van der Waals surface area contributed by atoms with Crippen LogP contribution in [0, 0.1) is 39.9 Å². The van der Waals surface area contributed by atoms with Crippen LogP contribution < -0.4 is 0 Å². The Labute approximate surface area is 152 Å². The van der Waals surface area contributed by atoms with Gasteiger partial charge in [0, 0.05) is 17.3 Å². The second kappa shape index (κ2) is 6.19. The van der Waals surface area contributed by atoms with Crippen molar-refractivity contribution < 1.29 is 9.90 Å². The molecule has 2 fully saturated rings. The lowest BCUT2D eigenvalue weighted by Gasteiger charge is -2.60. The van der Waals surface area contributed by atoms with E-state index in [2.05, 4.69) is 33.8 Å². The summed E-state index contributed by atoms with van der Waals surface area (Å²) in [5, 5.41) is 19.2. The average molecular weight is 344 g/mol. The molecule has 2 N–H and O–H groups in total. The molecular formula is C22H33NO2. The first-order valence-electron chi connectivity index (χ1n) is 9.82. The van der Waals surface area contributed by atoms with Crippen LogP contribution in [0.15, 0.2) is 23.8 Å². The zero-order chi connectivity index (χ0) is 18.6. The minimum Gasteiger partial charge on any atom is -0.393 e. The lowest BCUT2D eigenvalue weighted by molar-refractivity contribution is -0.147. The molecule has 3 nitrogen and oxygen atoms in total. The molecule has 25 heavy (non-hydrogen) atoms. The van der Waals surface area contributed by atoms with Crippen LogP contribution in [-0.2, 0) is 4.79 Å². The number of nitrogens with one attached hydrogen (secondary N) is 1. The minimum absolute atomic E-state index is 0.0259. The molecule has 3 aliphatic rings. The first-order chi connectivity index (χ1) is 11.6. The molecule has 0 aromatic heterocycles. The van der Waals surface area contributed by atoms with Crippen molar-refractivity contribution in [3.63, 3.8) is 0 Å². The molecule has 2 saturated carbocycles. The van der Waals surface area contributed by atoms with E-state index in [1.54, 1.807) is 6.92 Å². The highest BCUT2D eigenvalue weighted by Gasteiger charge is 2.58. The maximum atomic E-state index is 12.3. The van der Waals surface area contributed by atoms with Crippen LogP contribution in [0.5, 0.6) is 0 Å². The third-order valence-electron chi connectivity index (χ3n) is 7.97. The fourth-order valence-electron chi connectivity index (χ4n) is 6.55. The van der Waals surface area contributed by atoms with E-state index < -0.39 is 6.10 Å². The van der Waals surface area contributed by atoms with Crippen LogP contribution in [0.3, 0.4) is 0 Å². The number of aliphatic hydroxyl groups is 1. The largest absolute Gasteiger partial charge is 0.393 e. The van der Waals surface area contributed by atoms with Crippen molar-refractivity contribution in [1.29, 1.82) is 5.41 Å². The van der Waals surface area contributed by atoms with Gasteiger partial charge in [-0.3, -0.25) is 4.79 Å². The van der Waals surface area contributed by atoms with Gasteiger partial charge in [0.25, 0.3) is 0 Å². The number of ketones is 1. The molecule has 0 aliphatic heterocycles. The van der Waals surface area contributed by atoms with Gasteiger partial charge in [0.2, 0.25) is 0 Å². The summed E-state index contributed by atoms with van der Waals surface area (Å²) in [5.41, 5.74) is 1.58. The molecule has 0 aromatic rings. The van der Waals surface area contributed by atoms with Crippen LogP contribution in [0.1, 0.15) is 60.3 Å². The van der Waals surface area contributed by atoms with Gasteiger partial charge in [-0.1, -0.05) is 39.3 Å². The summed E-state index contributed by atoms with van der Waals surface area (Å²) in [6.07, 6.45) is 9.24. The molecule has 0 saturated heterocycles. The number of aliphatic hydroxyl groups excluding tert-OH is 1. The Balaban J connectivity index is 2.00. The molecular weight excluding hydrogens is 310 g/mol. The summed E-state index contributed by atoms with van der Waals surface area (Å²) >= 11 is 0. The Morgan fingerprint density at radius 3 is 2.72 bits per heavy atom. The molecule has 0 radical (unpaired) electrons. The number of rotatable bonds is 3. The molecule has 0 spiro atoms. The van der Waals surface area contributed by atoms with Crippen molar-refractivity contribution in [2.45, 2.75) is 66.4 Å². The molecule has 0 amide bonds. The first kappa shape index (κ1) is 18.6. The van der Waals surface area contributed by atoms with Gasteiger partial charge in [0.05, 0.1) is 11.8 Å². The van der Waals surface area contributed by atoms with Gasteiger partial charge in [-0.05, 0) is 62.0 Å². The molecule has 138 valence electrons. The third kappa shape index (κ3) is 2.66. The molecule has 3 rings (SSSR count). The maximum absolute atomic E-state index is 12.3. The van der Waals surface area contributed by atoms with Gasteiger partial charge in [-0.2, -0.15) is 0 Å². The molecule has 0 heterocycles. The highest BCUT2D eigenvalue weighted by atomic mass is 16.3. The van der Waals surface area contributed by atoms with Crippen LogP contribution in [0.25, 0.3) is 0 Å². The van der Waals surface area contributed by atoms with Crippen LogP contribution in [0.4, 0.5) is 0 Å². The molecule has 4 unspecified atom stereocenters. The number of fused-ring (bicyclic) bond motifs is 3. The molecule has 7 atom stereocenters. The Kier molecular flexibility index (Phi) is 4.60. The summed E-state index contributed by atoms with van der Waals surface area (Å²) in [7, 11) is 0. The molecule has 0 bridgehead atoms. The van der Waals surface area contributed by atoms with Gasteiger partial charge >= 0.3 is 0 Å². The Hall–Kier alpha value is -1.22. The van der Waals surface area contributed by atoms with Gasteiger partial charge in [-0.15, -0.1) is 0 Å². The summed E-state index contributed by atoms with van der Waals surface area (Å²) in [6.45, 7) is 10.6. The van der Waals surface area contributed by atoms with Crippen molar-refractivity contribution in [2.75, 3.05) is 0 Å². The van der Waals surface area contributed by atoms with Crippen molar-refractivity contribution in [3.05, 3.63) is 23.8 Å². The Bertz CT molecular complexity index is 648. The Morgan fingerprint density at radius 1 is 1.44 bits per heavy atom. The third-order valence-corrected chi connectivity index (χ3v) is 7.97. The predicted octanol–water partition coefficient (Wildman–Crippen LogP) is 4.56. The lowest BCUT2D eigenvalue weighted by atomic mass is 9.45. The maximum Gasteiger partial charge on any atom is 0.133 e. The van der Waals surface area contributed by atoms with Crippen LogP contribution in [0.2, 0.25) is 0 Å².